The molecule has 0 atom stereocenters. The van der Waals surface area contributed by atoms with Gasteiger partial charge in [0.1, 0.15) is 5.75 Å². The first-order valence-electron chi connectivity index (χ1n) is 10.8. The molecule has 4 aliphatic carbocycles. The number of hydrazine groups is 1. The largest absolute Gasteiger partial charge is 0.493 e. The van der Waals surface area contributed by atoms with E-state index in [0.29, 0.717) is 33.6 Å². The van der Waals surface area contributed by atoms with Crippen LogP contribution in [0.4, 0.5) is 0 Å². The molecule has 7 heteroatoms. The van der Waals surface area contributed by atoms with Crippen LogP contribution >= 0.6 is 24.0 Å². The van der Waals surface area contributed by atoms with E-state index >= 15 is 0 Å². The van der Waals surface area contributed by atoms with Crippen LogP contribution in [0.25, 0.3) is 6.08 Å². The van der Waals surface area contributed by atoms with Crippen LogP contribution in [0, 0.1) is 23.2 Å². The Morgan fingerprint density at radius 3 is 2.50 bits per heavy atom. The maximum absolute atomic E-state index is 13.3. The number of thiocarbonyl (C=S) groups is 1. The van der Waals surface area contributed by atoms with Gasteiger partial charge >= 0.3 is 0 Å². The van der Waals surface area contributed by atoms with E-state index in [4.69, 9.17) is 17.0 Å². The summed E-state index contributed by atoms with van der Waals surface area (Å²) in [6.45, 7) is 2.48. The summed E-state index contributed by atoms with van der Waals surface area (Å²) in [6.07, 6.45) is 8.48. The van der Waals surface area contributed by atoms with Crippen molar-refractivity contribution in [2.75, 3.05) is 6.61 Å². The Hall–Kier alpha value is -1.86. The fourth-order valence-electron chi connectivity index (χ4n) is 6.20. The molecule has 2 amide bonds. The van der Waals surface area contributed by atoms with Gasteiger partial charge in [-0.3, -0.25) is 15.0 Å². The van der Waals surface area contributed by atoms with Crippen molar-refractivity contribution in [1.82, 2.24) is 10.4 Å². The van der Waals surface area contributed by atoms with E-state index in [1.807, 2.05) is 31.2 Å². The van der Waals surface area contributed by atoms with Crippen LogP contribution in [-0.2, 0) is 9.59 Å². The number of hydrogen-bond donors (Lipinski definition) is 1. The molecule has 1 aliphatic heterocycles. The summed E-state index contributed by atoms with van der Waals surface area (Å²) in [7, 11) is 0. The lowest BCUT2D eigenvalue weighted by Crippen LogP contribution is -2.57. The summed E-state index contributed by atoms with van der Waals surface area (Å²) in [5.41, 5.74) is 3.41. The molecule has 1 aromatic rings. The average molecular weight is 443 g/mol. The monoisotopic (exact) mass is 442 g/mol. The maximum Gasteiger partial charge on any atom is 0.285 e. The van der Waals surface area contributed by atoms with E-state index in [9.17, 15) is 9.59 Å². The first-order valence-corrected chi connectivity index (χ1v) is 12.0. The van der Waals surface area contributed by atoms with E-state index in [0.717, 1.165) is 30.6 Å². The molecule has 5 nitrogen and oxygen atoms in total. The summed E-state index contributed by atoms with van der Waals surface area (Å²) in [5, 5.41) is 1.27. The zero-order valence-corrected chi connectivity index (χ0v) is 18.7. The van der Waals surface area contributed by atoms with E-state index in [1.54, 1.807) is 6.08 Å². The molecular formula is C23H26N2O3S2. The van der Waals surface area contributed by atoms with E-state index in [1.165, 1.54) is 36.0 Å². The molecule has 0 unspecified atom stereocenters. The van der Waals surface area contributed by atoms with Crippen LogP contribution in [0.5, 0.6) is 5.75 Å². The number of carbonyl (C=O) groups excluding carboxylic acids is 2. The van der Waals surface area contributed by atoms with Crippen molar-refractivity contribution >= 4 is 46.2 Å². The minimum absolute atomic E-state index is 0.0196. The molecule has 6 rings (SSSR count). The van der Waals surface area contributed by atoms with Crippen molar-refractivity contribution in [3.05, 3.63) is 34.7 Å². The number of hydrogen-bond acceptors (Lipinski definition) is 5. The smallest absolute Gasteiger partial charge is 0.285 e. The molecule has 5 fully saturated rings. The van der Waals surface area contributed by atoms with Crippen molar-refractivity contribution in [2.45, 2.75) is 45.4 Å². The second kappa shape index (κ2) is 7.68. The fraction of sp³-hybridized carbons (Fsp3) is 0.522. The van der Waals surface area contributed by atoms with Crippen molar-refractivity contribution in [3.8, 4) is 5.75 Å². The highest BCUT2D eigenvalue weighted by Gasteiger charge is 2.55. The Morgan fingerprint density at radius 2 is 1.87 bits per heavy atom. The van der Waals surface area contributed by atoms with Gasteiger partial charge in [-0.25, -0.2) is 0 Å². The molecule has 0 spiro atoms. The Labute approximate surface area is 186 Å². The third kappa shape index (κ3) is 3.46. The Balaban J connectivity index is 1.34. The van der Waals surface area contributed by atoms with E-state index < -0.39 is 0 Å². The molecular weight excluding hydrogens is 416 g/mol. The van der Waals surface area contributed by atoms with Crippen LogP contribution in [0.2, 0.25) is 0 Å². The number of benzene rings is 1. The maximum atomic E-state index is 13.3. The minimum Gasteiger partial charge on any atom is -0.493 e. The SMILES string of the molecule is CCOc1ccccc1/C=C1/SC(=S)N(NC(=O)C23CC4CC(CC(C4)C2)C3)C1=O. The first kappa shape index (κ1) is 20.1. The molecule has 1 aromatic carbocycles. The molecule has 0 radical (unpaired) electrons. The van der Waals surface area contributed by atoms with Gasteiger partial charge < -0.3 is 4.74 Å². The molecule has 5 aliphatic rings. The fourth-order valence-corrected chi connectivity index (χ4v) is 7.37. The molecule has 1 heterocycles. The normalized spacial score (nSPS) is 33.4. The lowest BCUT2D eigenvalue weighted by atomic mass is 9.49. The predicted octanol–water partition coefficient (Wildman–Crippen LogP) is 4.53. The third-order valence-corrected chi connectivity index (χ3v) is 8.33. The highest BCUT2D eigenvalue weighted by Crippen LogP contribution is 2.60. The number of para-hydroxylation sites is 1. The lowest BCUT2D eigenvalue weighted by Gasteiger charge is -2.55. The molecule has 4 saturated carbocycles. The average Bonchev–Trinajstić information content (AvgIpc) is 2.96. The van der Waals surface area contributed by atoms with E-state index in [-0.39, 0.29) is 17.2 Å². The van der Waals surface area contributed by atoms with Crippen LogP contribution in [0.15, 0.2) is 29.2 Å². The highest BCUT2D eigenvalue weighted by atomic mass is 32.2. The number of nitrogens with zero attached hydrogens (tertiary/aromatic N) is 1. The molecule has 158 valence electrons. The number of amides is 2. The van der Waals surface area contributed by atoms with E-state index in [2.05, 4.69) is 5.43 Å². The van der Waals surface area contributed by atoms with Crippen LogP contribution < -0.4 is 10.2 Å². The van der Waals surface area contributed by atoms with Gasteiger partial charge in [0.25, 0.3) is 5.91 Å². The van der Waals surface area contributed by atoms with Crippen molar-refractivity contribution in [1.29, 1.82) is 0 Å². The summed E-state index contributed by atoms with van der Waals surface area (Å²) < 4.78 is 6.03. The highest BCUT2D eigenvalue weighted by molar-refractivity contribution is 8.26. The third-order valence-electron chi connectivity index (χ3n) is 7.03. The number of rotatable bonds is 5. The van der Waals surface area contributed by atoms with Crippen LogP contribution in [0.1, 0.15) is 51.0 Å². The van der Waals surface area contributed by atoms with Gasteiger partial charge in [0, 0.05) is 5.56 Å². The second-order valence-corrected chi connectivity index (χ2v) is 10.8. The predicted molar refractivity (Wildman–Crippen MR) is 121 cm³/mol. The van der Waals surface area contributed by atoms with Gasteiger partial charge in [0.15, 0.2) is 4.32 Å². The summed E-state index contributed by atoms with van der Waals surface area (Å²) >= 11 is 6.66. The number of nitrogens with one attached hydrogen (secondary N) is 1. The first-order chi connectivity index (χ1) is 14.5. The van der Waals surface area contributed by atoms with Gasteiger partial charge in [-0.1, -0.05) is 30.0 Å². The number of thioether (sulfide) groups is 1. The van der Waals surface area contributed by atoms with Gasteiger partial charge in [0.2, 0.25) is 5.91 Å². The van der Waals surface area contributed by atoms with Crippen LogP contribution in [0.3, 0.4) is 0 Å². The van der Waals surface area contributed by atoms with Crippen molar-refractivity contribution in [2.24, 2.45) is 23.2 Å². The van der Waals surface area contributed by atoms with Crippen molar-refractivity contribution in [3.63, 3.8) is 0 Å². The van der Waals surface area contributed by atoms with Gasteiger partial charge in [-0.15, -0.1) is 0 Å². The quantitative estimate of drug-likeness (QED) is 0.536. The molecule has 30 heavy (non-hydrogen) atoms. The van der Waals surface area contributed by atoms with Crippen molar-refractivity contribution < 1.29 is 14.3 Å². The molecule has 1 saturated heterocycles. The Kier molecular flexibility index (Phi) is 5.14. The topological polar surface area (TPSA) is 58.6 Å². The zero-order chi connectivity index (χ0) is 20.9. The molecule has 4 bridgehead atoms. The molecule has 0 aromatic heterocycles. The van der Waals surface area contributed by atoms with Gasteiger partial charge in [0.05, 0.1) is 16.9 Å². The molecule has 1 N–H and O–H groups in total. The number of carbonyl (C=O) groups is 2. The number of ether oxygens (including phenoxy) is 1. The summed E-state index contributed by atoms with van der Waals surface area (Å²) in [6, 6.07) is 7.60. The Bertz CT molecular complexity index is 907. The minimum atomic E-state index is -0.316. The summed E-state index contributed by atoms with van der Waals surface area (Å²) in [4.78, 5) is 26.9. The standard InChI is InChI=1S/C23H26N2O3S2/c1-2-28-18-6-4-3-5-17(18)10-19-20(26)25(22(29)30-19)24-21(27)23-11-14-7-15(12-23)9-16(8-14)13-23/h3-6,10,14-16H,2,7-9,11-13H2,1H3,(H,24,27)/b19-10+. The Morgan fingerprint density at radius 1 is 1.23 bits per heavy atom. The zero-order valence-electron chi connectivity index (χ0n) is 17.1. The summed E-state index contributed by atoms with van der Waals surface area (Å²) in [5.74, 6) is 2.44. The lowest BCUT2D eigenvalue weighted by molar-refractivity contribution is -0.152. The van der Waals surface area contributed by atoms with Crippen LogP contribution in [-0.4, -0.2) is 27.8 Å². The van der Waals surface area contributed by atoms with Gasteiger partial charge in [-0.2, -0.15) is 5.01 Å². The van der Waals surface area contributed by atoms with Gasteiger partial charge in [-0.05, 0) is 87.6 Å². The second-order valence-electron chi connectivity index (χ2n) is 9.13.